The zero-order valence-electron chi connectivity index (χ0n) is 12.2. The van der Waals surface area contributed by atoms with Crippen LogP contribution in [0.4, 0.5) is 0 Å². The molecule has 4 nitrogen and oxygen atoms in total. The van der Waals surface area contributed by atoms with Gasteiger partial charge >= 0.3 is 0 Å². The van der Waals surface area contributed by atoms with Gasteiger partial charge in [-0.25, -0.2) is 0 Å². The Morgan fingerprint density at radius 2 is 2.20 bits per heavy atom. The molecule has 1 aromatic rings. The Bertz CT molecular complexity index is 460. The summed E-state index contributed by atoms with van der Waals surface area (Å²) in [7, 11) is 0. The van der Waals surface area contributed by atoms with Gasteiger partial charge in [-0.15, -0.1) is 0 Å². The lowest BCUT2D eigenvalue weighted by Crippen LogP contribution is -2.44. The Hall–Kier alpha value is -1.39. The number of fused-ring (bicyclic) bond motifs is 1. The summed E-state index contributed by atoms with van der Waals surface area (Å²) < 4.78 is 0. The molecular weight excluding hydrogens is 252 g/mol. The SMILES string of the molecule is CC(C)CC(CO)NC(=O)C1CNCc2ccccc21. The molecule has 1 aromatic carbocycles. The molecule has 2 atom stereocenters. The van der Waals surface area contributed by atoms with E-state index in [4.69, 9.17) is 0 Å². The highest BCUT2D eigenvalue weighted by Gasteiger charge is 2.27. The van der Waals surface area contributed by atoms with E-state index in [1.807, 2.05) is 18.2 Å². The zero-order valence-corrected chi connectivity index (χ0v) is 12.2. The van der Waals surface area contributed by atoms with Crippen LogP contribution in [0.15, 0.2) is 24.3 Å². The topological polar surface area (TPSA) is 61.4 Å². The fraction of sp³-hybridized carbons (Fsp3) is 0.562. The normalized spacial score (nSPS) is 19.5. The van der Waals surface area contributed by atoms with E-state index in [0.717, 1.165) is 18.5 Å². The minimum Gasteiger partial charge on any atom is -0.394 e. The van der Waals surface area contributed by atoms with Gasteiger partial charge in [0.1, 0.15) is 0 Å². The maximum atomic E-state index is 12.4. The van der Waals surface area contributed by atoms with E-state index >= 15 is 0 Å². The molecule has 2 unspecified atom stereocenters. The number of aliphatic hydroxyl groups excluding tert-OH is 1. The summed E-state index contributed by atoms with van der Waals surface area (Å²) in [6, 6.07) is 7.89. The van der Waals surface area contributed by atoms with Crippen LogP contribution in [-0.2, 0) is 11.3 Å². The van der Waals surface area contributed by atoms with Gasteiger partial charge in [-0.3, -0.25) is 4.79 Å². The largest absolute Gasteiger partial charge is 0.394 e. The third-order valence-corrected chi connectivity index (χ3v) is 3.73. The van der Waals surface area contributed by atoms with Crippen molar-refractivity contribution < 1.29 is 9.90 Å². The van der Waals surface area contributed by atoms with Gasteiger partial charge < -0.3 is 15.7 Å². The van der Waals surface area contributed by atoms with Gasteiger partial charge in [0.15, 0.2) is 0 Å². The fourth-order valence-electron chi connectivity index (χ4n) is 2.78. The Balaban J connectivity index is 2.06. The molecule has 0 spiro atoms. The lowest BCUT2D eigenvalue weighted by molar-refractivity contribution is -0.123. The van der Waals surface area contributed by atoms with E-state index in [1.165, 1.54) is 5.56 Å². The minimum absolute atomic E-state index is 0.00403. The van der Waals surface area contributed by atoms with Gasteiger partial charge in [-0.1, -0.05) is 38.1 Å². The van der Waals surface area contributed by atoms with Gasteiger partial charge in [0.25, 0.3) is 0 Å². The molecule has 0 radical (unpaired) electrons. The van der Waals surface area contributed by atoms with Crippen LogP contribution in [0.1, 0.15) is 37.3 Å². The summed E-state index contributed by atoms with van der Waals surface area (Å²) >= 11 is 0. The van der Waals surface area contributed by atoms with Crippen molar-refractivity contribution in [1.29, 1.82) is 0 Å². The third kappa shape index (κ3) is 3.58. The van der Waals surface area contributed by atoms with Crippen molar-refractivity contribution in [3.8, 4) is 0 Å². The Morgan fingerprint density at radius 1 is 1.45 bits per heavy atom. The second kappa shape index (κ2) is 6.86. The predicted octanol–water partition coefficient (Wildman–Crippen LogP) is 1.40. The molecule has 20 heavy (non-hydrogen) atoms. The Morgan fingerprint density at radius 3 is 2.90 bits per heavy atom. The van der Waals surface area contributed by atoms with Crippen molar-refractivity contribution in [3.05, 3.63) is 35.4 Å². The van der Waals surface area contributed by atoms with Crippen molar-refractivity contribution in [1.82, 2.24) is 10.6 Å². The standard InChI is InChI=1S/C16H24N2O2/c1-11(2)7-13(10-19)18-16(20)15-9-17-8-12-5-3-4-6-14(12)15/h3-6,11,13,15,17,19H,7-10H2,1-2H3,(H,18,20). The van der Waals surface area contributed by atoms with E-state index in [2.05, 4.69) is 30.5 Å². The summed E-state index contributed by atoms with van der Waals surface area (Å²) in [5.41, 5.74) is 2.29. The summed E-state index contributed by atoms with van der Waals surface area (Å²) in [5, 5.41) is 15.6. The first-order chi connectivity index (χ1) is 9.61. The average molecular weight is 276 g/mol. The third-order valence-electron chi connectivity index (χ3n) is 3.73. The fourth-order valence-corrected chi connectivity index (χ4v) is 2.78. The molecule has 0 bridgehead atoms. The molecule has 0 saturated carbocycles. The summed E-state index contributed by atoms with van der Waals surface area (Å²) in [6.07, 6.45) is 0.796. The number of amides is 1. The quantitative estimate of drug-likeness (QED) is 0.762. The summed E-state index contributed by atoms with van der Waals surface area (Å²) in [6.45, 7) is 5.64. The van der Waals surface area contributed by atoms with Crippen LogP contribution in [0.3, 0.4) is 0 Å². The number of benzene rings is 1. The molecular formula is C16H24N2O2. The molecule has 110 valence electrons. The maximum absolute atomic E-state index is 12.4. The van der Waals surface area contributed by atoms with E-state index in [9.17, 15) is 9.90 Å². The summed E-state index contributed by atoms with van der Waals surface area (Å²) in [5.74, 6) is 0.287. The first kappa shape index (κ1) is 15.0. The average Bonchev–Trinajstić information content (AvgIpc) is 2.45. The molecule has 4 heteroatoms. The van der Waals surface area contributed by atoms with Crippen LogP contribution >= 0.6 is 0 Å². The highest BCUT2D eigenvalue weighted by molar-refractivity contribution is 5.85. The van der Waals surface area contributed by atoms with Crippen LogP contribution in [-0.4, -0.2) is 30.2 Å². The van der Waals surface area contributed by atoms with Crippen LogP contribution in [0, 0.1) is 5.92 Å². The van der Waals surface area contributed by atoms with Gasteiger partial charge in [-0.2, -0.15) is 0 Å². The first-order valence-corrected chi connectivity index (χ1v) is 7.31. The molecule has 0 aromatic heterocycles. The second-order valence-electron chi connectivity index (χ2n) is 5.90. The Labute approximate surface area is 120 Å². The van der Waals surface area contributed by atoms with Gasteiger partial charge in [0, 0.05) is 13.1 Å². The smallest absolute Gasteiger partial charge is 0.229 e. The number of hydrogen-bond donors (Lipinski definition) is 3. The maximum Gasteiger partial charge on any atom is 0.229 e. The highest BCUT2D eigenvalue weighted by atomic mass is 16.3. The molecule has 0 saturated heterocycles. The minimum atomic E-state index is -0.166. The molecule has 1 aliphatic rings. The molecule has 1 aliphatic heterocycles. The van der Waals surface area contributed by atoms with Gasteiger partial charge in [0.2, 0.25) is 5.91 Å². The lowest BCUT2D eigenvalue weighted by atomic mass is 9.90. The van der Waals surface area contributed by atoms with E-state index in [1.54, 1.807) is 0 Å². The number of carbonyl (C=O) groups is 1. The number of nitrogens with one attached hydrogen (secondary N) is 2. The molecule has 0 aliphatic carbocycles. The van der Waals surface area contributed by atoms with Crippen molar-refractivity contribution in [3.63, 3.8) is 0 Å². The zero-order chi connectivity index (χ0) is 14.5. The van der Waals surface area contributed by atoms with Crippen LogP contribution in [0.5, 0.6) is 0 Å². The van der Waals surface area contributed by atoms with E-state index < -0.39 is 0 Å². The van der Waals surface area contributed by atoms with Gasteiger partial charge in [-0.05, 0) is 23.5 Å². The highest BCUT2D eigenvalue weighted by Crippen LogP contribution is 2.24. The lowest BCUT2D eigenvalue weighted by Gasteiger charge is -2.27. The Kier molecular flexibility index (Phi) is 5.15. The number of hydrogen-bond acceptors (Lipinski definition) is 3. The van der Waals surface area contributed by atoms with Crippen LogP contribution < -0.4 is 10.6 Å². The van der Waals surface area contributed by atoms with Crippen molar-refractivity contribution >= 4 is 5.91 Å². The number of carbonyl (C=O) groups excluding carboxylic acids is 1. The predicted molar refractivity (Wildman–Crippen MR) is 79.4 cm³/mol. The van der Waals surface area contributed by atoms with E-state index in [-0.39, 0.29) is 24.5 Å². The summed E-state index contributed by atoms with van der Waals surface area (Å²) in [4.78, 5) is 12.4. The monoisotopic (exact) mass is 276 g/mol. The second-order valence-corrected chi connectivity index (χ2v) is 5.90. The van der Waals surface area contributed by atoms with E-state index in [0.29, 0.717) is 12.5 Å². The molecule has 3 N–H and O–H groups in total. The number of aliphatic hydroxyl groups is 1. The van der Waals surface area contributed by atoms with Crippen LogP contribution in [0.25, 0.3) is 0 Å². The van der Waals surface area contributed by atoms with Crippen molar-refractivity contribution in [2.75, 3.05) is 13.2 Å². The van der Waals surface area contributed by atoms with Gasteiger partial charge in [0.05, 0.1) is 18.6 Å². The number of rotatable bonds is 5. The first-order valence-electron chi connectivity index (χ1n) is 7.31. The van der Waals surface area contributed by atoms with Crippen molar-refractivity contribution in [2.24, 2.45) is 5.92 Å². The molecule has 2 rings (SSSR count). The molecule has 1 amide bonds. The molecule has 0 fully saturated rings. The molecule has 1 heterocycles. The van der Waals surface area contributed by atoms with Crippen LogP contribution in [0.2, 0.25) is 0 Å². The van der Waals surface area contributed by atoms with Crippen molar-refractivity contribution in [2.45, 2.75) is 38.8 Å².